The molecular formula is C11H20O3. The summed E-state index contributed by atoms with van der Waals surface area (Å²) in [7, 11) is 0. The molecule has 0 amide bonds. The molecule has 0 aromatic carbocycles. The fraction of sp³-hybridized carbons (Fsp3) is 0.909. The van der Waals surface area contributed by atoms with Gasteiger partial charge in [0.15, 0.2) is 0 Å². The number of hydrogen-bond acceptors (Lipinski definition) is 3. The minimum atomic E-state index is -0.877. The van der Waals surface area contributed by atoms with Crippen molar-refractivity contribution in [2.45, 2.75) is 45.6 Å². The molecule has 3 nitrogen and oxygen atoms in total. The molecule has 0 atom stereocenters. The van der Waals surface area contributed by atoms with Gasteiger partial charge in [-0.15, -0.1) is 0 Å². The maximum atomic E-state index is 11.7. The third kappa shape index (κ3) is 1.84. The topological polar surface area (TPSA) is 46.5 Å². The van der Waals surface area contributed by atoms with Crippen LogP contribution in [-0.4, -0.2) is 29.7 Å². The van der Waals surface area contributed by atoms with Crippen LogP contribution in [0.1, 0.15) is 40.0 Å². The molecule has 3 heteroatoms. The highest BCUT2D eigenvalue weighted by Gasteiger charge is 2.48. The second-order valence-corrected chi connectivity index (χ2v) is 4.55. The fourth-order valence-corrected chi connectivity index (χ4v) is 2.04. The molecular weight excluding hydrogens is 180 g/mol. The summed E-state index contributed by atoms with van der Waals surface area (Å²) in [4.78, 5) is 11.7. The van der Waals surface area contributed by atoms with Crippen LogP contribution >= 0.6 is 0 Å². The van der Waals surface area contributed by atoms with Crippen molar-refractivity contribution in [1.29, 1.82) is 0 Å². The van der Waals surface area contributed by atoms with Crippen LogP contribution in [-0.2, 0) is 9.53 Å². The Hall–Kier alpha value is -0.410. The SMILES string of the molecule is CCC(=O)C(C)(C)C1(O)CCOCC1. The molecule has 0 aromatic heterocycles. The summed E-state index contributed by atoms with van der Waals surface area (Å²) in [5.74, 6) is 0.127. The predicted molar refractivity (Wildman–Crippen MR) is 54.1 cm³/mol. The molecule has 0 radical (unpaired) electrons. The number of hydrogen-bond donors (Lipinski definition) is 1. The van der Waals surface area contributed by atoms with E-state index in [0.29, 0.717) is 32.5 Å². The van der Waals surface area contributed by atoms with Crippen molar-refractivity contribution in [3.63, 3.8) is 0 Å². The number of rotatable bonds is 3. The maximum Gasteiger partial charge on any atom is 0.141 e. The highest BCUT2D eigenvalue weighted by atomic mass is 16.5. The lowest BCUT2D eigenvalue weighted by Gasteiger charge is -2.43. The Balaban J connectivity index is 2.82. The molecule has 0 saturated carbocycles. The summed E-state index contributed by atoms with van der Waals surface area (Å²) < 4.78 is 5.20. The van der Waals surface area contributed by atoms with Crippen molar-refractivity contribution in [1.82, 2.24) is 0 Å². The molecule has 0 spiro atoms. The third-order valence-electron chi connectivity index (χ3n) is 3.50. The summed E-state index contributed by atoms with van der Waals surface area (Å²) in [5.41, 5.74) is -1.52. The van der Waals surface area contributed by atoms with Gasteiger partial charge in [0.05, 0.1) is 11.0 Å². The fourth-order valence-electron chi connectivity index (χ4n) is 2.04. The highest BCUT2D eigenvalue weighted by molar-refractivity contribution is 5.85. The van der Waals surface area contributed by atoms with Crippen molar-refractivity contribution < 1.29 is 14.6 Å². The van der Waals surface area contributed by atoms with E-state index in [1.807, 2.05) is 20.8 Å². The molecule has 0 aliphatic carbocycles. The summed E-state index contributed by atoms with van der Waals surface area (Å²) >= 11 is 0. The second-order valence-electron chi connectivity index (χ2n) is 4.55. The van der Waals surface area contributed by atoms with Crippen LogP contribution in [0, 0.1) is 5.41 Å². The van der Waals surface area contributed by atoms with Crippen molar-refractivity contribution in [3.8, 4) is 0 Å². The van der Waals surface area contributed by atoms with E-state index in [9.17, 15) is 9.90 Å². The van der Waals surface area contributed by atoms with Gasteiger partial charge < -0.3 is 9.84 Å². The van der Waals surface area contributed by atoms with Crippen LogP contribution in [0.5, 0.6) is 0 Å². The lowest BCUT2D eigenvalue weighted by molar-refractivity contribution is -0.159. The average molecular weight is 200 g/mol. The van der Waals surface area contributed by atoms with Gasteiger partial charge in [-0.3, -0.25) is 4.79 Å². The zero-order valence-corrected chi connectivity index (χ0v) is 9.30. The molecule has 0 aromatic rings. The molecule has 1 heterocycles. The van der Waals surface area contributed by atoms with E-state index in [-0.39, 0.29) is 5.78 Å². The third-order valence-corrected chi connectivity index (χ3v) is 3.50. The largest absolute Gasteiger partial charge is 0.389 e. The van der Waals surface area contributed by atoms with Crippen molar-refractivity contribution >= 4 is 5.78 Å². The average Bonchev–Trinajstić information content (AvgIpc) is 2.17. The Morgan fingerprint density at radius 2 is 1.93 bits per heavy atom. The van der Waals surface area contributed by atoms with E-state index < -0.39 is 11.0 Å². The van der Waals surface area contributed by atoms with Crippen LogP contribution in [0.25, 0.3) is 0 Å². The van der Waals surface area contributed by atoms with Gasteiger partial charge in [0.1, 0.15) is 5.78 Å². The molecule has 0 unspecified atom stereocenters. The van der Waals surface area contributed by atoms with Gasteiger partial charge in [-0.1, -0.05) is 20.8 Å². The first-order chi connectivity index (χ1) is 6.44. The van der Waals surface area contributed by atoms with Gasteiger partial charge in [0.25, 0.3) is 0 Å². The van der Waals surface area contributed by atoms with Crippen molar-refractivity contribution in [2.75, 3.05) is 13.2 Å². The minimum Gasteiger partial charge on any atom is -0.389 e. The summed E-state index contributed by atoms with van der Waals surface area (Å²) in [6, 6.07) is 0. The first kappa shape index (κ1) is 11.7. The van der Waals surface area contributed by atoms with Crippen LogP contribution in [0.4, 0.5) is 0 Å². The Kier molecular flexibility index (Phi) is 3.32. The van der Waals surface area contributed by atoms with Crippen molar-refractivity contribution in [3.05, 3.63) is 0 Å². The normalized spacial score (nSPS) is 22.0. The summed E-state index contributed by atoms with van der Waals surface area (Å²) in [5, 5.41) is 10.4. The standard InChI is InChI=1S/C11H20O3/c1-4-9(12)10(2,3)11(13)5-7-14-8-6-11/h13H,4-8H2,1-3H3. The summed E-state index contributed by atoms with van der Waals surface area (Å²) in [6.45, 7) is 6.62. The van der Waals surface area contributed by atoms with Gasteiger partial charge in [-0.25, -0.2) is 0 Å². The minimum absolute atomic E-state index is 0.127. The van der Waals surface area contributed by atoms with E-state index in [2.05, 4.69) is 0 Å². The Morgan fingerprint density at radius 1 is 1.43 bits per heavy atom. The number of Topliss-reactive ketones (excluding diaryl/α,β-unsaturated/α-hetero) is 1. The molecule has 1 saturated heterocycles. The van der Waals surface area contributed by atoms with Gasteiger partial charge >= 0.3 is 0 Å². The number of carbonyl (C=O) groups excluding carboxylic acids is 1. The first-order valence-electron chi connectivity index (χ1n) is 5.27. The van der Waals surface area contributed by atoms with Crippen LogP contribution < -0.4 is 0 Å². The molecule has 1 aliphatic heterocycles. The number of ketones is 1. The van der Waals surface area contributed by atoms with E-state index >= 15 is 0 Å². The smallest absolute Gasteiger partial charge is 0.141 e. The monoisotopic (exact) mass is 200 g/mol. The Morgan fingerprint density at radius 3 is 2.36 bits per heavy atom. The van der Waals surface area contributed by atoms with Gasteiger partial charge in [-0.2, -0.15) is 0 Å². The summed E-state index contributed by atoms with van der Waals surface area (Å²) in [6.07, 6.45) is 1.60. The lowest BCUT2D eigenvalue weighted by Crippen LogP contribution is -2.52. The lowest BCUT2D eigenvalue weighted by atomic mass is 9.67. The Labute approximate surface area is 85.5 Å². The highest BCUT2D eigenvalue weighted by Crippen LogP contribution is 2.39. The van der Waals surface area contributed by atoms with E-state index in [1.165, 1.54) is 0 Å². The van der Waals surface area contributed by atoms with Gasteiger partial charge in [-0.05, 0) is 0 Å². The maximum absolute atomic E-state index is 11.7. The Bertz CT molecular complexity index is 215. The first-order valence-corrected chi connectivity index (χ1v) is 5.27. The van der Waals surface area contributed by atoms with Crippen LogP contribution in [0.15, 0.2) is 0 Å². The number of carbonyl (C=O) groups is 1. The van der Waals surface area contributed by atoms with E-state index in [4.69, 9.17) is 4.74 Å². The van der Waals surface area contributed by atoms with Crippen LogP contribution in [0.3, 0.4) is 0 Å². The zero-order valence-electron chi connectivity index (χ0n) is 9.30. The number of ether oxygens (including phenoxy) is 1. The zero-order chi connectivity index (χ0) is 10.8. The van der Waals surface area contributed by atoms with E-state index in [0.717, 1.165) is 0 Å². The molecule has 0 bridgehead atoms. The van der Waals surface area contributed by atoms with Gasteiger partial charge in [0.2, 0.25) is 0 Å². The van der Waals surface area contributed by atoms with Crippen LogP contribution in [0.2, 0.25) is 0 Å². The number of aliphatic hydroxyl groups is 1. The van der Waals surface area contributed by atoms with E-state index in [1.54, 1.807) is 0 Å². The molecule has 1 rings (SSSR count). The van der Waals surface area contributed by atoms with Gasteiger partial charge in [0, 0.05) is 32.5 Å². The van der Waals surface area contributed by atoms with Crippen molar-refractivity contribution in [2.24, 2.45) is 5.41 Å². The molecule has 14 heavy (non-hydrogen) atoms. The quantitative estimate of drug-likeness (QED) is 0.751. The molecule has 1 aliphatic rings. The predicted octanol–water partition coefficient (Wildman–Crippen LogP) is 1.53. The molecule has 1 fully saturated rings. The molecule has 1 N–H and O–H groups in total. The molecule has 82 valence electrons. The second kappa shape index (κ2) is 3.99.